The van der Waals surface area contributed by atoms with Gasteiger partial charge in [-0.15, -0.1) is 0 Å². The van der Waals surface area contributed by atoms with Gasteiger partial charge in [0.2, 0.25) is 0 Å². The first-order chi connectivity index (χ1) is 7.18. The van der Waals surface area contributed by atoms with E-state index in [4.69, 9.17) is 5.73 Å². The van der Waals surface area contributed by atoms with Crippen molar-refractivity contribution in [1.82, 2.24) is 4.98 Å². The number of rotatable bonds is 2. The van der Waals surface area contributed by atoms with Gasteiger partial charge in [0.25, 0.3) is 0 Å². The Kier molecular flexibility index (Phi) is 3.06. The lowest BCUT2D eigenvalue weighted by Crippen LogP contribution is -2.21. The van der Waals surface area contributed by atoms with Gasteiger partial charge in [0, 0.05) is 6.20 Å². The second-order valence-corrected chi connectivity index (χ2v) is 4.79. The molecule has 1 unspecified atom stereocenters. The lowest BCUT2D eigenvalue weighted by molar-refractivity contribution is 0.435. The molecular weight excluding hydrogens is 184 g/mol. The molecule has 0 radical (unpaired) electrons. The van der Waals surface area contributed by atoms with Gasteiger partial charge in [-0.3, -0.25) is 4.98 Å². The molecule has 1 atom stereocenters. The van der Waals surface area contributed by atoms with Crippen LogP contribution < -0.4 is 5.73 Å². The summed E-state index contributed by atoms with van der Waals surface area (Å²) in [5, 5.41) is 0. The van der Waals surface area contributed by atoms with Crippen LogP contribution in [0.15, 0.2) is 12.3 Å². The third kappa shape index (κ3) is 2.20. The van der Waals surface area contributed by atoms with Gasteiger partial charge in [0.05, 0.1) is 11.7 Å². The van der Waals surface area contributed by atoms with Crippen LogP contribution in [-0.4, -0.2) is 4.98 Å². The van der Waals surface area contributed by atoms with E-state index in [1.165, 1.54) is 36.8 Å². The Morgan fingerprint density at radius 2 is 2.00 bits per heavy atom. The van der Waals surface area contributed by atoms with Crippen LogP contribution in [0.4, 0.5) is 0 Å². The first kappa shape index (κ1) is 10.6. The van der Waals surface area contributed by atoms with Gasteiger partial charge < -0.3 is 5.73 Å². The molecule has 0 spiro atoms. The summed E-state index contributed by atoms with van der Waals surface area (Å²) in [6.45, 7) is 4.19. The molecule has 1 fully saturated rings. The average molecular weight is 204 g/mol. The average Bonchev–Trinajstić information content (AvgIpc) is 2.69. The van der Waals surface area contributed by atoms with Crippen molar-refractivity contribution < 1.29 is 0 Å². The van der Waals surface area contributed by atoms with E-state index < -0.39 is 0 Å². The van der Waals surface area contributed by atoms with Gasteiger partial charge in [0.1, 0.15) is 0 Å². The summed E-state index contributed by atoms with van der Waals surface area (Å²) in [5.41, 5.74) is 9.86. The van der Waals surface area contributed by atoms with Gasteiger partial charge >= 0.3 is 0 Å². The Labute approximate surface area is 91.9 Å². The van der Waals surface area contributed by atoms with Crippen LogP contribution in [0.1, 0.15) is 48.5 Å². The third-order valence-corrected chi connectivity index (χ3v) is 3.48. The molecule has 0 aromatic carbocycles. The Bertz CT molecular complexity index is 340. The highest BCUT2D eigenvalue weighted by atomic mass is 14.8. The second kappa shape index (κ2) is 4.31. The van der Waals surface area contributed by atoms with Crippen LogP contribution in [0.5, 0.6) is 0 Å². The largest absolute Gasteiger partial charge is 0.322 e. The van der Waals surface area contributed by atoms with E-state index >= 15 is 0 Å². The predicted octanol–water partition coefficient (Wildman–Crippen LogP) is 2.89. The zero-order valence-corrected chi connectivity index (χ0v) is 9.66. The Balaban J connectivity index is 2.20. The summed E-state index contributed by atoms with van der Waals surface area (Å²) in [4.78, 5) is 4.50. The summed E-state index contributed by atoms with van der Waals surface area (Å²) < 4.78 is 0. The number of nitrogens with two attached hydrogens (primary N) is 1. The molecule has 2 N–H and O–H groups in total. The standard InChI is InChI=1S/C13H20N2/c1-9-7-10(2)13(15-8-9)12(14)11-5-3-4-6-11/h7-8,11-12H,3-6,14H2,1-2H3. The topological polar surface area (TPSA) is 38.9 Å². The minimum Gasteiger partial charge on any atom is -0.322 e. The molecule has 2 heteroatoms. The fourth-order valence-electron chi connectivity index (χ4n) is 2.61. The molecule has 0 amide bonds. The normalized spacial score (nSPS) is 19.4. The van der Waals surface area contributed by atoms with Crippen LogP contribution in [0, 0.1) is 19.8 Å². The van der Waals surface area contributed by atoms with Crippen molar-refractivity contribution in [1.29, 1.82) is 0 Å². The fourth-order valence-corrected chi connectivity index (χ4v) is 2.61. The molecule has 2 rings (SSSR count). The van der Waals surface area contributed by atoms with E-state index in [0.717, 1.165) is 5.69 Å². The highest BCUT2D eigenvalue weighted by Gasteiger charge is 2.25. The molecule has 1 aromatic rings. The molecule has 1 aromatic heterocycles. The fraction of sp³-hybridized carbons (Fsp3) is 0.615. The molecule has 0 bridgehead atoms. The van der Waals surface area contributed by atoms with Crippen molar-refractivity contribution in [2.75, 3.05) is 0 Å². The molecule has 82 valence electrons. The van der Waals surface area contributed by atoms with Crippen molar-refractivity contribution in [3.05, 3.63) is 29.1 Å². The van der Waals surface area contributed by atoms with Crippen LogP contribution in [0.2, 0.25) is 0 Å². The highest BCUT2D eigenvalue weighted by Crippen LogP contribution is 2.34. The predicted molar refractivity (Wildman–Crippen MR) is 62.6 cm³/mol. The molecule has 15 heavy (non-hydrogen) atoms. The monoisotopic (exact) mass is 204 g/mol. The van der Waals surface area contributed by atoms with Crippen molar-refractivity contribution in [2.24, 2.45) is 11.7 Å². The number of aromatic nitrogens is 1. The van der Waals surface area contributed by atoms with E-state index in [1.807, 2.05) is 6.20 Å². The van der Waals surface area contributed by atoms with Crippen LogP contribution >= 0.6 is 0 Å². The van der Waals surface area contributed by atoms with Crippen molar-refractivity contribution in [2.45, 2.75) is 45.6 Å². The minimum atomic E-state index is 0.146. The first-order valence-corrected chi connectivity index (χ1v) is 5.87. The SMILES string of the molecule is Cc1cnc(C(N)C2CCCC2)c(C)c1. The van der Waals surface area contributed by atoms with Gasteiger partial charge in [0.15, 0.2) is 0 Å². The Hall–Kier alpha value is -0.890. The van der Waals surface area contributed by atoms with Crippen LogP contribution in [-0.2, 0) is 0 Å². The Morgan fingerprint density at radius 1 is 1.33 bits per heavy atom. The van der Waals surface area contributed by atoms with E-state index in [0.29, 0.717) is 5.92 Å². The summed E-state index contributed by atoms with van der Waals surface area (Å²) in [6, 6.07) is 2.32. The first-order valence-electron chi connectivity index (χ1n) is 5.87. The molecule has 1 saturated carbocycles. The van der Waals surface area contributed by atoms with E-state index in [1.54, 1.807) is 0 Å². The lowest BCUT2D eigenvalue weighted by Gasteiger charge is -2.20. The third-order valence-electron chi connectivity index (χ3n) is 3.48. The zero-order chi connectivity index (χ0) is 10.8. The van der Waals surface area contributed by atoms with Gasteiger partial charge in [-0.2, -0.15) is 0 Å². The van der Waals surface area contributed by atoms with Crippen LogP contribution in [0.25, 0.3) is 0 Å². The summed E-state index contributed by atoms with van der Waals surface area (Å²) >= 11 is 0. The van der Waals surface area contributed by atoms with Gasteiger partial charge in [-0.1, -0.05) is 18.9 Å². The molecule has 1 heterocycles. The van der Waals surface area contributed by atoms with Gasteiger partial charge in [-0.25, -0.2) is 0 Å². The maximum atomic E-state index is 6.29. The molecular formula is C13H20N2. The number of aryl methyl sites for hydroxylation is 2. The quantitative estimate of drug-likeness (QED) is 0.804. The smallest absolute Gasteiger partial charge is 0.0603 e. The summed E-state index contributed by atoms with van der Waals surface area (Å²) in [5.74, 6) is 0.652. The number of hydrogen-bond acceptors (Lipinski definition) is 2. The zero-order valence-electron chi connectivity index (χ0n) is 9.66. The number of nitrogens with zero attached hydrogens (tertiary/aromatic N) is 1. The van der Waals surface area contributed by atoms with Crippen molar-refractivity contribution >= 4 is 0 Å². The Morgan fingerprint density at radius 3 is 2.60 bits per heavy atom. The molecule has 0 aliphatic heterocycles. The molecule has 1 aliphatic carbocycles. The minimum absolute atomic E-state index is 0.146. The lowest BCUT2D eigenvalue weighted by atomic mass is 9.93. The summed E-state index contributed by atoms with van der Waals surface area (Å²) in [7, 11) is 0. The maximum absolute atomic E-state index is 6.29. The van der Waals surface area contributed by atoms with Gasteiger partial charge in [-0.05, 0) is 43.7 Å². The van der Waals surface area contributed by atoms with Crippen LogP contribution in [0.3, 0.4) is 0 Å². The highest BCUT2D eigenvalue weighted by molar-refractivity contribution is 5.25. The molecule has 1 aliphatic rings. The second-order valence-electron chi connectivity index (χ2n) is 4.79. The van der Waals surface area contributed by atoms with E-state index in [9.17, 15) is 0 Å². The number of pyridine rings is 1. The maximum Gasteiger partial charge on any atom is 0.0603 e. The molecule has 2 nitrogen and oxygen atoms in total. The number of hydrogen-bond donors (Lipinski definition) is 1. The van der Waals surface area contributed by atoms with Crippen molar-refractivity contribution in [3.8, 4) is 0 Å². The van der Waals surface area contributed by atoms with E-state index in [-0.39, 0.29) is 6.04 Å². The summed E-state index contributed by atoms with van der Waals surface area (Å²) in [6.07, 6.45) is 7.15. The van der Waals surface area contributed by atoms with E-state index in [2.05, 4.69) is 24.9 Å². The van der Waals surface area contributed by atoms with Crippen molar-refractivity contribution in [3.63, 3.8) is 0 Å². The molecule has 0 saturated heterocycles.